The second-order valence-corrected chi connectivity index (χ2v) is 7.81. The first kappa shape index (κ1) is 21.3. The van der Waals surface area contributed by atoms with Gasteiger partial charge in [0.15, 0.2) is 0 Å². The summed E-state index contributed by atoms with van der Waals surface area (Å²) in [6.45, 7) is 0.128. The van der Waals surface area contributed by atoms with Gasteiger partial charge in [-0.3, -0.25) is 19.6 Å². The molecule has 2 aliphatic heterocycles. The summed E-state index contributed by atoms with van der Waals surface area (Å²) in [7, 11) is 0. The van der Waals surface area contributed by atoms with Gasteiger partial charge in [0.25, 0.3) is 5.82 Å². The summed E-state index contributed by atoms with van der Waals surface area (Å²) in [4.78, 5) is 47.7. The molecule has 0 N–H and O–H groups in total. The molecule has 4 heterocycles. The van der Waals surface area contributed by atoms with Gasteiger partial charge in [0.05, 0.1) is 12.0 Å². The maximum atomic E-state index is 13.3. The molecule has 0 unspecified atom stereocenters. The van der Waals surface area contributed by atoms with E-state index in [0.717, 1.165) is 11.1 Å². The van der Waals surface area contributed by atoms with Crippen molar-refractivity contribution in [3.8, 4) is 0 Å². The highest BCUT2D eigenvalue weighted by molar-refractivity contribution is 6.04. The Morgan fingerprint density at radius 2 is 1.88 bits per heavy atom. The third-order valence-electron chi connectivity index (χ3n) is 5.82. The van der Waals surface area contributed by atoms with E-state index < -0.39 is 29.1 Å². The monoisotopic (exact) mass is 457 g/mol. The molecular formula is C24H19N5O5. The van der Waals surface area contributed by atoms with Crippen LogP contribution >= 0.6 is 0 Å². The summed E-state index contributed by atoms with van der Waals surface area (Å²) in [5.74, 6) is -1.31. The number of nitrogens with zero attached hydrogens (tertiary/aromatic N) is 5. The van der Waals surface area contributed by atoms with Crippen molar-refractivity contribution in [2.45, 2.75) is 12.2 Å². The molecule has 170 valence electrons. The minimum absolute atomic E-state index is 0.0988. The molecule has 3 aromatic rings. The topological polar surface area (TPSA) is 119 Å². The molecule has 10 nitrogen and oxygen atoms in total. The Morgan fingerprint density at radius 1 is 1.06 bits per heavy atom. The number of hydrogen-bond donors (Lipinski definition) is 0. The average molecular weight is 457 g/mol. The Kier molecular flexibility index (Phi) is 5.46. The zero-order chi connectivity index (χ0) is 23.7. The summed E-state index contributed by atoms with van der Waals surface area (Å²) in [6.07, 6.45) is 5.45. The predicted octanol–water partition coefficient (Wildman–Crippen LogP) is 3.58. The Hall–Kier alpha value is -4.60. The van der Waals surface area contributed by atoms with Crippen molar-refractivity contribution in [3.63, 3.8) is 0 Å². The van der Waals surface area contributed by atoms with E-state index in [1.807, 2.05) is 36.4 Å². The number of hydrogen-bond acceptors (Lipinski definition) is 7. The molecular weight excluding hydrogens is 438 g/mol. The molecule has 34 heavy (non-hydrogen) atoms. The minimum atomic E-state index is -0.768. The van der Waals surface area contributed by atoms with Gasteiger partial charge in [-0.2, -0.15) is 0 Å². The van der Waals surface area contributed by atoms with Crippen LogP contribution in [0.5, 0.6) is 0 Å². The lowest BCUT2D eigenvalue weighted by Crippen LogP contribution is -2.68. The van der Waals surface area contributed by atoms with Crippen molar-refractivity contribution in [2.75, 3.05) is 11.5 Å². The van der Waals surface area contributed by atoms with Gasteiger partial charge >= 0.3 is 11.9 Å². The van der Waals surface area contributed by atoms with E-state index in [0.29, 0.717) is 0 Å². The van der Waals surface area contributed by atoms with Crippen LogP contribution in [0.25, 0.3) is 6.08 Å². The fourth-order valence-electron chi connectivity index (χ4n) is 4.22. The van der Waals surface area contributed by atoms with E-state index >= 15 is 0 Å². The molecule has 2 aliphatic rings. The van der Waals surface area contributed by atoms with Crippen molar-refractivity contribution >= 4 is 29.7 Å². The number of rotatable bonds is 6. The summed E-state index contributed by atoms with van der Waals surface area (Å²) < 4.78 is 5.37. The smallest absolute Gasteiger partial charge is 0.412 e. The van der Waals surface area contributed by atoms with Crippen LogP contribution in [0.15, 0.2) is 79.1 Å². The van der Waals surface area contributed by atoms with Crippen LogP contribution < -0.4 is 4.90 Å². The molecule has 3 atom stereocenters. The van der Waals surface area contributed by atoms with Gasteiger partial charge in [0, 0.05) is 24.5 Å². The normalized spacial score (nSPS) is 22.1. The standard InChI is InChI=1S/C24H19N5O5/c30-23-18(12-11-16-6-5-13-25-14-16)22(28(23)20-9-4-10-21(26-20)29(32)33)27-19(15-34-24(27)31)17-7-2-1-3-8-17/h1-14,18-19,22H,15H2/t18-,19-,22+/m1/s1. The van der Waals surface area contributed by atoms with Crippen LogP contribution in [0.1, 0.15) is 17.2 Å². The number of carbonyl (C=O) groups excluding carboxylic acids is 2. The highest BCUT2D eigenvalue weighted by Crippen LogP contribution is 2.41. The number of nitro groups is 1. The fraction of sp³-hybridized carbons (Fsp3) is 0.167. The van der Waals surface area contributed by atoms with Gasteiger partial charge in [0.2, 0.25) is 5.91 Å². The fourth-order valence-corrected chi connectivity index (χ4v) is 4.22. The van der Waals surface area contributed by atoms with Gasteiger partial charge in [-0.25, -0.2) is 4.79 Å². The predicted molar refractivity (Wildman–Crippen MR) is 121 cm³/mol. The maximum absolute atomic E-state index is 13.3. The van der Waals surface area contributed by atoms with Crippen LogP contribution in [0.3, 0.4) is 0 Å². The van der Waals surface area contributed by atoms with E-state index in [2.05, 4.69) is 9.97 Å². The maximum Gasteiger partial charge on any atom is 0.412 e. The van der Waals surface area contributed by atoms with Crippen LogP contribution in [-0.4, -0.2) is 44.6 Å². The van der Waals surface area contributed by atoms with Crippen molar-refractivity contribution in [2.24, 2.45) is 5.92 Å². The number of aromatic nitrogens is 2. The second-order valence-electron chi connectivity index (χ2n) is 7.81. The minimum Gasteiger partial charge on any atom is -0.447 e. The summed E-state index contributed by atoms with van der Waals surface area (Å²) in [5.41, 5.74) is 1.65. The Morgan fingerprint density at radius 3 is 2.62 bits per heavy atom. The molecule has 2 fully saturated rings. The van der Waals surface area contributed by atoms with Gasteiger partial charge in [-0.05, 0) is 33.2 Å². The first-order valence-electron chi connectivity index (χ1n) is 10.6. The highest BCUT2D eigenvalue weighted by atomic mass is 16.6. The van der Waals surface area contributed by atoms with Gasteiger partial charge in [0.1, 0.15) is 12.8 Å². The van der Waals surface area contributed by atoms with Gasteiger partial charge in [-0.15, -0.1) is 0 Å². The van der Waals surface area contributed by atoms with Crippen molar-refractivity contribution < 1.29 is 19.2 Å². The number of benzene rings is 1. The Bertz CT molecular complexity index is 1270. The number of carbonyl (C=O) groups is 2. The molecule has 0 saturated carbocycles. The lowest BCUT2D eigenvalue weighted by molar-refractivity contribution is -0.389. The zero-order valence-electron chi connectivity index (χ0n) is 17.8. The van der Waals surface area contributed by atoms with Crippen LogP contribution in [0.4, 0.5) is 16.4 Å². The third-order valence-corrected chi connectivity index (χ3v) is 5.82. The number of pyridine rings is 2. The molecule has 2 amide bonds. The lowest BCUT2D eigenvalue weighted by Gasteiger charge is -2.48. The van der Waals surface area contributed by atoms with Crippen LogP contribution in [-0.2, 0) is 9.53 Å². The number of anilines is 1. The Balaban J connectivity index is 1.55. The largest absolute Gasteiger partial charge is 0.447 e. The molecule has 0 radical (unpaired) electrons. The van der Waals surface area contributed by atoms with Crippen molar-refractivity contribution in [1.82, 2.24) is 14.9 Å². The first-order chi connectivity index (χ1) is 16.5. The van der Waals surface area contributed by atoms with E-state index in [1.165, 1.54) is 28.0 Å². The van der Waals surface area contributed by atoms with E-state index in [1.54, 1.807) is 30.6 Å². The number of β-lactam (4-membered cyclic amide) rings is 1. The third kappa shape index (κ3) is 3.75. The number of cyclic esters (lactones) is 1. The molecule has 0 spiro atoms. The number of ether oxygens (including phenoxy) is 1. The van der Waals surface area contributed by atoms with Crippen molar-refractivity contribution in [1.29, 1.82) is 0 Å². The Labute approximate surface area is 194 Å². The second kappa shape index (κ2) is 8.74. The molecule has 2 aromatic heterocycles. The lowest BCUT2D eigenvalue weighted by atomic mass is 9.89. The zero-order valence-corrected chi connectivity index (χ0v) is 17.8. The summed E-state index contributed by atoms with van der Waals surface area (Å²) in [5, 5.41) is 11.3. The first-order valence-corrected chi connectivity index (χ1v) is 10.6. The van der Waals surface area contributed by atoms with E-state index in [-0.39, 0.29) is 24.1 Å². The molecule has 2 saturated heterocycles. The van der Waals surface area contributed by atoms with Crippen LogP contribution in [0, 0.1) is 16.0 Å². The quantitative estimate of drug-likeness (QED) is 0.315. The van der Waals surface area contributed by atoms with Crippen molar-refractivity contribution in [3.05, 3.63) is 100 Å². The average Bonchev–Trinajstić information content (AvgIpc) is 3.24. The molecule has 5 rings (SSSR count). The van der Waals surface area contributed by atoms with Gasteiger partial charge in [-0.1, -0.05) is 48.6 Å². The summed E-state index contributed by atoms with van der Waals surface area (Å²) in [6, 6.07) is 16.8. The van der Waals surface area contributed by atoms with Gasteiger partial charge < -0.3 is 14.9 Å². The highest BCUT2D eigenvalue weighted by Gasteiger charge is 2.57. The summed E-state index contributed by atoms with van der Waals surface area (Å²) >= 11 is 0. The van der Waals surface area contributed by atoms with E-state index in [4.69, 9.17) is 4.74 Å². The molecule has 10 heteroatoms. The molecule has 1 aromatic carbocycles. The van der Waals surface area contributed by atoms with Crippen LogP contribution in [0.2, 0.25) is 0 Å². The molecule has 0 bridgehead atoms. The van der Waals surface area contributed by atoms with E-state index in [9.17, 15) is 19.7 Å². The number of amides is 2. The molecule has 0 aliphatic carbocycles. The SMILES string of the molecule is O=C1[C@H](C=Cc2cccnc2)[C@@H](N2C(=O)OC[C@@H]2c2ccccc2)N1c1cccc([N+](=O)[O-])n1.